The van der Waals surface area contributed by atoms with E-state index in [1.807, 2.05) is 19.1 Å². The van der Waals surface area contributed by atoms with Gasteiger partial charge in [-0.1, -0.05) is 19.1 Å². The smallest absolute Gasteiger partial charge is 0.220 e. The van der Waals surface area contributed by atoms with Crippen molar-refractivity contribution in [3.8, 4) is 0 Å². The van der Waals surface area contributed by atoms with Crippen LogP contribution in [0.15, 0.2) is 47.1 Å². The molecule has 2 atom stereocenters. The summed E-state index contributed by atoms with van der Waals surface area (Å²) in [7, 11) is 0. The Labute approximate surface area is 159 Å². The van der Waals surface area contributed by atoms with Crippen molar-refractivity contribution in [2.24, 2.45) is 0 Å². The minimum Gasteiger partial charge on any atom is -0.468 e. The van der Waals surface area contributed by atoms with Crippen LogP contribution in [0.5, 0.6) is 0 Å². The number of hydrogen-bond acceptors (Lipinski definition) is 4. The van der Waals surface area contributed by atoms with E-state index in [2.05, 4.69) is 10.2 Å². The van der Waals surface area contributed by atoms with Gasteiger partial charge in [-0.2, -0.15) is 0 Å². The van der Waals surface area contributed by atoms with E-state index in [0.717, 1.165) is 30.8 Å². The predicted octanol–water partition coefficient (Wildman–Crippen LogP) is 3.49. The molecule has 1 aromatic heterocycles. The van der Waals surface area contributed by atoms with E-state index in [9.17, 15) is 9.18 Å². The van der Waals surface area contributed by atoms with Crippen LogP contribution in [0.2, 0.25) is 0 Å². The number of carbonyl (C=O) groups is 1. The first-order valence-corrected chi connectivity index (χ1v) is 9.54. The van der Waals surface area contributed by atoms with Crippen molar-refractivity contribution in [2.45, 2.75) is 31.7 Å². The quantitative estimate of drug-likeness (QED) is 0.768. The maximum atomic E-state index is 13.1. The molecule has 2 heterocycles. The van der Waals surface area contributed by atoms with Gasteiger partial charge in [0.25, 0.3) is 0 Å². The first-order chi connectivity index (χ1) is 13.2. The molecule has 2 aromatic rings. The second kappa shape index (κ2) is 9.67. The Morgan fingerprint density at radius 1 is 1.22 bits per heavy atom. The van der Waals surface area contributed by atoms with Crippen molar-refractivity contribution in [1.29, 1.82) is 0 Å². The van der Waals surface area contributed by atoms with Gasteiger partial charge in [-0.15, -0.1) is 0 Å². The van der Waals surface area contributed by atoms with Gasteiger partial charge in [0.2, 0.25) is 5.91 Å². The number of benzene rings is 1. The van der Waals surface area contributed by atoms with Crippen LogP contribution in [0, 0.1) is 5.82 Å². The molecule has 1 aliphatic rings. The Morgan fingerprint density at radius 3 is 2.59 bits per heavy atom. The minimum absolute atomic E-state index is 0.00116. The van der Waals surface area contributed by atoms with Crippen LogP contribution >= 0.6 is 0 Å². The van der Waals surface area contributed by atoms with Gasteiger partial charge in [0, 0.05) is 26.1 Å². The number of amides is 1. The van der Waals surface area contributed by atoms with Crippen LogP contribution in [0.1, 0.15) is 43.0 Å². The topological polar surface area (TPSA) is 54.7 Å². The summed E-state index contributed by atoms with van der Waals surface area (Å²) < 4.78 is 24.2. The molecule has 1 aliphatic heterocycles. The van der Waals surface area contributed by atoms with E-state index in [-0.39, 0.29) is 23.7 Å². The molecule has 3 rings (SSSR count). The molecule has 146 valence electrons. The van der Waals surface area contributed by atoms with E-state index in [1.54, 1.807) is 18.4 Å². The first-order valence-electron chi connectivity index (χ1n) is 9.54. The zero-order valence-electron chi connectivity index (χ0n) is 15.7. The summed E-state index contributed by atoms with van der Waals surface area (Å²) in [5.74, 6) is 0.666. The molecular formula is C21H27FN2O3. The number of halogens is 1. The highest BCUT2D eigenvalue weighted by Crippen LogP contribution is 2.25. The van der Waals surface area contributed by atoms with Gasteiger partial charge in [0.15, 0.2) is 0 Å². The zero-order chi connectivity index (χ0) is 19.1. The Hall–Kier alpha value is -2.18. The van der Waals surface area contributed by atoms with Crippen molar-refractivity contribution >= 4 is 5.91 Å². The third-order valence-electron chi connectivity index (χ3n) is 5.12. The molecule has 5 nitrogen and oxygen atoms in total. The molecule has 0 saturated carbocycles. The Balaban J connectivity index is 1.59. The molecule has 1 fully saturated rings. The summed E-state index contributed by atoms with van der Waals surface area (Å²) in [6.45, 7) is 5.54. The minimum atomic E-state index is -0.259. The molecule has 6 heteroatoms. The van der Waals surface area contributed by atoms with Gasteiger partial charge in [-0.05, 0) is 42.2 Å². The number of morpholine rings is 1. The van der Waals surface area contributed by atoms with Crippen LogP contribution in [-0.2, 0) is 9.53 Å². The van der Waals surface area contributed by atoms with E-state index in [0.29, 0.717) is 26.2 Å². The van der Waals surface area contributed by atoms with E-state index in [4.69, 9.17) is 9.15 Å². The lowest BCUT2D eigenvalue weighted by Crippen LogP contribution is -2.43. The molecule has 0 bridgehead atoms. The molecule has 0 spiro atoms. The Bertz CT molecular complexity index is 697. The largest absolute Gasteiger partial charge is 0.468 e. The fourth-order valence-electron chi connectivity index (χ4n) is 3.52. The third-order valence-corrected chi connectivity index (χ3v) is 5.12. The zero-order valence-corrected chi connectivity index (χ0v) is 15.7. The highest BCUT2D eigenvalue weighted by atomic mass is 19.1. The number of carbonyl (C=O) groups excluding carboxylic acids is 1. The van der Waals surface area contributed by atoms with E-state index < -0.39 is 0 Å². The normalized spacial score (nSPS) is 17.4. The summed E-state index contributed by atoms with van der Waals surface area (Å²) in [5, 5.41) is 3.06. The monoisotopic (exact) mass is 374 g/mol. The lowest BCUT2D eigenvalue weighted by atomic mass is 9.93. The molecule has 1 aromatic carbocycles. The number of hydrogen-bond donors (Lipinski definition) is 1. The second-order valence-corrected chi connectivity index (χ2v) is 6.84. The molecule has 2 unspecified atom stereocenters. The molecule has 0 aliphatic carbocycles. The van der Waals surface area contributed by atoms with Crippen LogP contribution in [-0.4, -0.2) is 43.7 Å². The third kappa shape index (κ3) is 5.40. The highest BCUT2D eigenvalue weighted by Gasteiger charge is 2.25. The lowest BCUT2D eigenvalue weighted by molar-refractivity contribution is -0.121. The van der Waals surface area contributed by atoms with E-state index >= 15 is 0 Å². The van der Waals surface area contributed by atoms with Crippen molar-refractivity contribution in [3.05, 3.63) is 59.8 Å². The van der Waals surface area contributed by atoms with Gasteiger partial charge >= 0.3 is 0 Å². The Kier molecular flexibility index (Phi) is 7.01. The fourth-order valence-corrected chi connectivity index (χ4v) is 3.52. The lowest BCUT2D eigenvalue weighted by Gasteiger charge is -2.33. The highest BCUT2D eigenvalue weighted by molar-refractivity contribution is 5.76. The SMILES string of the molecule is CCC(CC(=O)NCC(c1ccco1)N1CCOCC1)c1ccc(F)cc1. The van der Waals surface area contributed by atoms with Crippen molar-refractivity contribution < 1.29 is 18.3 Å². The second-order valence-electron chi connectivity index (χ2n) is 6.84. The van der Waals surface area contributed by atoms with Gasteiger partial charge < -0.3 is 14.5 Å². The molecule has 1 N–H and O–H groups in total. The number of nitrogens with one attached hydrogen (secondary N) is 1. The summed E-state index contributed by atoms with van der Waals surface area (Å²) in [4.78, 5) is 14.8. The standard InChI is InChI=1S/C21H27FN2O3/c1-2-16(17-5-7-18(22)8-6-17)14-21(25)23-15-19(20-4-3-11-27-20)24-9-12-26-13-10-24/h3-8,11,16,19H,2,9-10,12-15H2,1H3,(H,23,25). The summed E-state index contributed by atoms with van der Waals surface area (Å²) in [5.41, 5.74) is 0.991. The summed E-state index contributed by atoms with van der Waals surface area (Å²) in [6, 6.07) is 10.2. The molecule has 1 amide bonds. The van der Waals surface area contributed by atoms with Crippen LogP contribution in [0.3, 0.4) is 0 Å². The molecular weight excluding hydrogens is 347 g/mol. The van der Waals surface area contributed by atoms with Gasteiger partial charge in [0.1, 0.15) is 11.6 Å². The maximum Gasteiger partial charge on any atom is 0.220 e. The predicted molar refractivity (Wildman–Crippen MR) is 101 cm³/mol. The number of rotatable bonds is 8. The van der Waals surface area contributed by atoms with Crippen molar-refractivity contribution in [2.75, 3.05) is 32.8 Å². The summed E-state index contributed by atoms with van der Waals surface area (Å²) >= 11 is 0. The van der Waals surface area contributed by atoms with Crippen molar-refractivity contribution in [1.82, 2.24) is 10.2 Å². The first kappa shape index (κ1) is 19.6. The van der Waals surface area contributed by atoms with Crippen LogP contribution < -0.4 is 5.32 Å². The average Bonchev–Trinajstić information content (AvgIpc) is 3.22. The number of ether oxygens (including phenoxy) is 1. The molecule has 27 heavy (non-hydrogen) atoms. The fraction of sp³-hybridized carbons (Fsp3) is 0.476. The van der Waals surface area contributed by atoms with E-state index in [1.165, 1.54) is 12.1 Å². The maximum absolute atomic E-state index is 13.1. The van der Waals surface area contributed by atoms with Crippen LogP contribution in [0.25, 0.3) is 0 Å². The van der Waals surface area contributed by atoms with Gasteiger partial charge in [0.05, 0.1) is 25.5 Å². The molecule has 0 radical (unpaired) electrons. The number of furan rings is 1. The average molecular weight is 374 g/mol. The van der Waals surface area contributed by atoms with Crippen LogP contribution in [0.4, 0.5) is 4.39 Å². The van der Waals surface area contributed by atoms with Gasteiger partial charge in [-0.3, -0.25) is 9.69 Å². The number of nitrogens with zero attached hydrogens (tertiary/aromatic N) is 1. The summed E-state index contributed by atoms with van der Waals surface area (Å²) in [6.07, 6.45) is 2.87. The molecule has 1 saturated heterocycles. The van der Waals surface area contributed by atoms with Crippen molar-refractivity contribution in [3.63, 3.8) is 0 Å². The Morgan fingerprint density at radius 2 is 1.96 bits per heavy atom. The van der Waals surface area contributed by atoms with Gasteiger partial charge in [-0.25, -0.2) is 4.39 Å².